The van der Waals surface area contributed by atoms with Crippen molar-refractivity contribution >= 4 is 56.4 Å². The summed E-state index contributed by atoms with van der Waals surface area (Å²) in [6.07, 6.45) is 2.34. The lowest BCUT2D eigenvalue weighted by Crippen LogP contribution is -2.46. The molecule has 9 heteroatoms. The van der Waals surface area contributed by atoms with Crippen LogP contribution in [0.2, 0.25) is 0 Å². The van der Waals surface area contributed by atoms with Gasteiger partial charge in [0.2, 0.25) is 5.91 Å². The monoisotopic (exact) mass is 467 g/mol. The minimum Gasteiger partial charge on any atom is -0.339 e. The summed E-state index contributed by atoms with van der Waals surface area (Å²) < 4.78 is 0.975. The molecule has 6 nitrogen and oxygen atoms in total. The first-order valence-electron chi connectivity index (χ1n) is 8.58. The molecule has 1 fully saturated rings. The molecule has 0 bridgehead atoms. The third kappa shape index (κ3) is 3.21. The van der Waals surface area contributed by atoms with Crippen LogP contribution >= 0.6 is 38.6 Å². The van der Waals surface area contributed by atoms with Crippen LogP contribution in [0, 0.1) is 0 Å². The maximum atomic E-state index is 13.1. The molecule has 2 aromatic heterocycles. The van der Waals surface area contributed by atoms with Crippen molar-refractivity contribution < 1.29 is 14.4 Å². The molecular formula is C18H18BrN3O3S2. The molecule has 1 atom stereocenters. The third-order valence-electron chi connectivity index (χ3n) is 5.07. The minimum absolute atomic E-state index is 0.241. The highest BCUT2D eigenvalue weighted by atomic mass is 79.9. The summed E-state index contributed by atoms with van der Waals surface area (Å²) >= 11 is 6.56. The van der Waals surface area contributed by atoms with Crippen LogP contribution in [0.15, 0.2) is 27.4 Å². The van der Waals surface area contributed by atoms with Gasteiger partial charge >= 0.3 is 6.03 Å². The second-order valence-electron chi connectivity index (χ2n) is 6.82. The number of thiophene rings is 2. The van der Waals surface area contributed by atoms with Crippen LogP contribution in [-0.4, -0.2) is 41.2 Å². The van der Waals surface area contributed by atoms with Crippen molar-refractivity contribution in [2.45, 2.75) is 31.3 Å². The molecule has 27 heavy (non-hydrogen) atoms. The van der Waals surface area contributed by atoms with Crippen molar-refractivity contribution in [1.29, 1.82) is 0 Å². The number of urea groups is 1. The number of imide groups is 1. The lowest BCUT2D eigenvalue weighted by molar-refractivity contribution is -0.139. The fourth-order valence-electron chi connectivity index (χ4n) is 3.70. The van der Waals surface area contributed by atoms with Crippen LogP contribution in [0.3, 0.4) is 0 Å². The molecule has 2 aliphatic rings. The van der Waals surface area contributed by atoms with Gasteiger partial charge in [-0.3, -0.25) is 14.5 Å². The Kier molecular flexibility index (Phi) is 4.85. The molecule has 1 saturated heterocycles. The number of carbonyl (C=O) groups is 3. The number of nitrogens with one attached hydrogen (secondary N) is 1. The van der Waals surface area contributed by atoms with Gasteiger partial charge in [0.25, 0.3) is 5.91 Å². The van der Waals surface area contributed by atoms with Crippen LogP contribution in [0.1, 0.15) is 28.2 Å². The fraction of sp³-hybridized carbons (Fsp3) is 0.389. The first kappa shape index (κ1) is 18.6. The number of halogens is 1. The molecule has 142 valence electrons. The number of aryl methyl sites for hydroxylation is 1. The zero-order valence-corrected chi connectivity index (χ0v) is 17.9. The zero-order chi connectivity index (χ0) is 19.2. The van der Waals surface area contributed by atoms with E-state index in [2.05, 4.69) is 21.2 Å². The van der Waals surface area contributed by atoms with E-state index in [-0.39, 0.29) is 18.4 Å². The Labute approximate surface area is 173 Å². The number of fused-ring (bicyclic) bond motifs is 2. The molecule has 0 aromatic carbocycles. The summed E-state index contributed by atoms with van der Waals surface area (Å²) in [6, 6.07) is 3.39. The lowest BCUT2D eigenvalue weighted by Gasteiger charge is -2.31. The van der Waals surface area contributed by atoms with Crippen LogP contribution < -0.4 is 5.32 Å². The van der Waals surface area contributed by atoms with E-state index >= 15 is 0 Å². The first-order valence-corrected chi connectivity index (χ1v) is 11.1. The largest absolute Gasteiger partial charge is 0.339 e. The average Bonchev–Trinajstić information content (AvgIpc) is 3.32. The molecule has 1 spiro atoms. The van der Waals surface area contributed by atoms with E-state index in [4.69, 9.17) is 0 Å². The van der Waals surface area contributed by atoms with Gasteiger partial charge in [-0.2, -0.15) is 0 Å². The molecular weight excluding hydrogens is 450 g/mol. The quantitative estimate of drug-likeness (QED) is 0.701. The molecule has 2 aromatic rings. The zero-order valence-electron chi connectivity index (χ0n) is 14.7. The molecule has 1 unspecified atom stereocenters. The Morgan fingerprint density at radius 3 is 2.96 bits per heavy atom. The van der Waals surface area contributed by atoms with Gasteiger partial charge in [0.05, 0.1) is 6.54 Å². The van der Waals surface area contributed by atoms with Crippen molar-refractivity contribution in [1.82, 2.24) is 15.1 Å². The number of nitrogens with zero attached hydrogens (tertiary/aromatic N) is 2. The molecule has 0 saturated carbocycles. The van der Waals surface area contributed by atoms with Crippen LogP contribution in [0.4, 0.5) is 4.79 Å². The summed E-state index contributed by atoms with van der Waals surface area (Å²) in [7, 11) is 1.68. The van der Waals surface area contributed by atoms with Gasteiger partial charge in [-0.05, 0) is 52.7 Å². The van der Waals surface area contributed by atoms with Crippen molar-refractivity contribution in [3.05, 3.63) is 42.7 Å². The number of likely N-dealkylation sites (N-methyl/N-ethyl adjacent to an activating group) is 1. The Hall–Kier alpha value is -1.71. The van der Waals surface area contributed by atoms with E-state index in [0.29, 0.717) is 13.0 Å². The number of hydrogen-bond acceptors (Lipinski definition) is 5. The van der Waals surface area contributed by atoms with Gasteiger partial charge in [-0.15, -0.1) is 22.7 Å². The van der Waals surface area contributed by atoms with Crippen LogP contribution in [-0.2, 0) is 28.1 Å². The second-order valence-corrected chi connectivity index (χ2v) is 9.73. The van der Waals surface area contributed by atoms with Crippen molar-refractivity contribution in [3.8, 4) is 0 Å². The van der Waals surface area contributed by atoms with E-state index in [1.807, 2.05) is 22.9 Å². The highest BCUT2D eigenvalue weighted by Crippen LogP contribution is 2.42. The van der Waals surface area contributed by atoms with Gasteiger partial charge in [0.15, 0.2) is 0 Å². The second kappa shape index (κ2) is 7.03. The van der Waals surface area contributed by atoms with E-state index in [0.717, 1.165) is 37.5 Å². The van der Waals surface area contributed by atoms with Gasteiger partial charge in [-0.25, -0.2) is 4.79 Å². The Morgan fingerprint density at radius 1 is 1.41 bits per heavy atom. The van der Waals surface area contributed by atoms with Gasteiger partial charge in [-0.1, -0.05) is 0 Å². The fourth-order valence-corrected chi connectivity index (χ4v) is 6.20. The topological polar surface area (TPSA) is 69.7 Å². The smallest absolute Gasteiger partial charge is 0.325 e. The molecule has 1 aliphatic carbocycles. The summed E-state index contributed by atoms with van der Waals surface area (Å²) in [5, 5.41) is 6.79. The van der Waals surface area contributed by atoms with Gasteiger partial charge < -0.3 is 10.2 Å². The highest BCUT2D eigenvalue weighted by molar-refractivity contribution is 9.10. The predicted molar refractivity (Wildman–Crippen MR) is 108 cm³/mol. The molecule has 1 aliphatic heterocycles. The minimum atomic E-state index is -0.998. The average molecular weight is 468 g/mol. The van der Waals surface area contributed by atoms with E-state index in [9.17, 15) is 14.4 Å². The molecule has 1 N–H and O–H groups in total. The van der Waals surface area contributed by atoms with Gasteiger partial charge in [0, 0.05) is 32.2 Å². The standard InChI is InChI=1S/C18H18BrN3O3S2/c1-21(8-12-7-11(19)10-27-12)15(23)9-22-16(24)18(20-17(22)25)5-2-3-14-13(18)4-6-26-14/h4,6-7,10H,2-3,5,8-9H2,1H3,(H,20,25). The van der Waals surface area contributed by atoms with Crippen molar-refractivity contribution in [2.24, 2.45) is 0 Å². The summed E-state index contributed by atoms with van der Waals surface area (Å²) in [5.41, 5.74) is -0.105. The van der Waals surface area contributed by atoms with Gasteiger partial charge in [0.1, 0.15) is 12.1 Å². The van der Waals surface area contributed by atoms with E-state index in [1.54, 1.807) is 34.6 Å². The Balaban J connectivity index is 1.49. The SMILES string of the molecule is CN(Cc1cc(Br)cs1)C(=O)CN1C(=O)NC2(CCCc3sccc32)C1=O. The summed E-state index contributed by atoms with van der Waals surface area (Å²) in [5.74, 6) is -0.575. The molecule has 4 amide bonds. The normalized spacial score (nSPS) is 21.5. The maximum absolute atomic E-state index is 13.1. The highest BCUT2D eigenvalue weighted by Gasteiger charge is 2.54. The summed E-state index contributed by atoms with van der Waals surface area (Å²) in [4.78, 5) is 43.1. The Morgan fingerprint density at radius 2 is 2.22 bits per heavy atom. The summed E-state index contributed by atoms with van der Waals surface area (Å²) in [6.45, 7) is 0.202. The third-order valence-corrected chi connectivity index (χ3v) is 7.73. The number of carbonyl (C=O) groups excluding carboxylic acids is 3. The van der Waals surface area contributed by atoms with E-state index < -0.39 is 11.6 Å². The molecule has 0 radical (unpaired) electrons. The van der Waals surface area contributed by atoms with E-state index in [1.165, 1.54) is 0 Å². The van der Waals surface area contributed by atoms with Crippen molar-refractivity contribution in [3.63, 3.8) is 0 Å². The molecule has 4 rings (SSSR count). The van der Waals surface area contributed by atoms with Crippen LogP contribution in [0.5, 0.6) is 0 Å². The molecule has 3 heterocycles. The predicted octanol–water partition coefficient (Wildman–Crippen LogP) is 3.31. The lowest BCUT2D eigenvalue weighted by atomic mass is 9.80. The number of amides is 4. The number of hydrogen-bond donors (Lipinski definition) is 1. The van der Waals surface area contributed by atoms with Crippen molar-refractivity contribution in [2.75, 3.05) is 13.6 Å². The Bertz CT molecular complexity index is 925. The van der Waals surface area contributed by atoms with Crippen LogP contribution in [0.25, 0.3) is 0 Å². The number of rotatable bonds is 4. The first-order chi connectivity index (χ1) is 12.9. The maximum Gasteiger partial charge on any atom is 0.325 e.